The fourth-order valence-electron chi connectivity index (χ4n) is 1.78. The Bertz CT molecular complexity index is 729. The Morgan fingerprint density at radius 1 is 1.38 bits per heavy atom. The molecule has 0 saturated heterocycles. The van der Waals surface area contributed by atoms with Crippen LogP contribution in [0.15, 0.2) is 39.0 Å². The maximum atomic E-state index is 12.3. The minimum absolute atomic E-state index is 0.177. The van der Waals surface area contributed by atoms with Gasteiger partial charge in [0.25, 0.3) is 0 Å². The van der Waals surface area contributed by atoms with Crippen LogP contribution in [0.25, 0.3) is 0 Å². The molecule has 0 aliphatic heterocycles. The van der Waals surface area contributed by atoms with Crippen molar-refractivity contribution in [2.75, 3.05) is 7.11 Å². The van der Waals surface area contributed by atoms with Crippen LogP contribution in [-0.2, 0) is 23.1 Å². The van der Waals surface area contributed by atoms with Crippen LogP contribution in [-0.4, -0.2) is 15.5 Å². The van der Waals surface area contributed by atoms with Crippen LogP contribution in [0, 0.1) is 0 Å². The molecular formula is C13H15BrN2O3S2. The number of nitrogens with two attached hydrogens (primary N) is 1. The highest BCUT2D eigenvalue weighted by Gasteiger charge is 2.16. The van der Waals surface area contributed by atoms with E-state index in [1.807, 2.05) is 11.4 Å². The standard InChI is InChI=1S/C13H15BrN2O3S2/c1-19-12-3-2-10(6-9(12)7-15)21(17,18)16-8-13-11(14)4-5-20-13/h2-6,16H,7-8,15H2,1H3. The lowest BCUT2D eigenvalue weighted by molar-refractivity contribution is 0.409. The molecule has 0 aliphatic rings. The molecule has 1 aromatic heterocycles. The first-order valence-electron chi connectivity index (χ1n) is 6.06. The highest BCUT2D eigenvalue weighted by atomic mass is 79.9. The van der Waals surface area contributed by atoms with Crippen molar-refractivity contribution in [3.8, 4) is 5.75 Å². The second-order valence-electron chi connectivity index (χ2n) is 4.19. The van der Waals surface area contributed by atoms with E-state index in [1.165, 1.54) is 30.6 Å². The highest BCUT2D eigenvalue weighted by molar-refractivity contribution is 9.10. The molecule has 0 bridgehead atoms. The maximum absolute atomic E-state index is 12.3. The average molecular weight is 391 g/mol. The molecule has 0 saturated carbocycles. The smallest absolute Gasteiger partial charge is 0.240 e. The van der Waals surface area contributed by atoms with Crippen LogP contribution in [0.4, 0.5) is 0 Å². The van der Waals surface area contributed by atoms with Crippen molar-refractivity contribution in [1.82, 2.24) is 4.72 Å². The molecule has 8 heteroatoms. The van der Waals surface area contributed by atoms with Gasteiger partial charge in [-0.25, -0.2) is 13.1 Å². The molecule has 1 heterocycles. The number of methoxy groups -OCH3 is 1. The molecule has 3 N–H and O–H groups in total. The zero-order chi connectivity index (χ0) is 15.5. The largest absolute Gasteiger partial charge is 0.496 e. The van der Waals surface area contributed by atoms with Gasteiger partial charge in [0.2, 0.25) is 10.0 Å². The molecule has 1 aromatic carbocycles. The molecule has 0 unspecified atom stereocenters. The van der Waals surface area contributed by atoms with E-state index in [2.05, 4.69) is 20.7 Å². The lowest BCUT2D eigenvalue weighted by Gasteiger charge is -2.10. The number of sulfonamides is 1. The average Bonchev–Trinajstić information content (AvgIpc) is 2.89. The topological polar surface area (TPSA) is 81.4 Å². The van der Waals surface area contributed by atoms with Crippen molar-refractivity contribution in [3.05, 3.63) is 44.6 Å². The predicted molar refractivity (Wildman–Crippen MR) is 86.9 cm³/mol. The van der Waals surface area contributed by atoms with Crippen molar-refractivity contribution < 1.29 is 13.2 Å². The van der Waals surface area contributed by atoms with Gasteiger partial charge in [-0.1, -0.05) is 0 Å². The predicted octanol–water partition coefficient (Wildman–Crippen LogP) is 2.46. The summed E-state index contributed by atoms with van der Waals surface area (Å²) in [6, 6.07) is 6.53. The number of thiophene rings is 1. The summed E-state index contributed by atoms with van der Waals surface area (Å²) in [5, 5.41) is 1.90. The summed E-state index contributed by atoms with van der Waals surface area (Å²) in [7, 11) is -2.06. The molecule has 21 heavy (non-hydrogen) atoms. The quantitative estimate of drug-likeness (QED) is 0.793. The van der Waals surface area contributed by atoms with E-state index in [9.17, 15) is 8.42 Å². The van der Waals surface area contributed by atoms with Crippen LogP contribution in [0.3, 0.4) is 0 Å². The molecule has 2 rings (SSSR count). The molecule has 2 aromatic rings. The van der Waals surface area contributed by atoms with E-state index in [4.69, 9.17) is 10.5 Å². The number of ether oxygens (including phenoxy) is 1. The minimum atomic E-state index is -3.59. The molecule has 0 radical (unpaired) electrons. The van der Waals surface area contributed by atoms with Crippen LogP contribution in [0.2, 0.25) is 0 Å². The van der Waals surface area contributed by atoms with Crippen molar-refractivity contribution >= 4 is 37.3 Å². The Labute approximate surface area is 136 Å². The molecule has 114 valence electrons. The zero-order valence-corrected chi connectivity index (χ0v) is 14.5. The van der Waals surface area contributed by atoms with Gasteiger partial charge in [0, 0.05) is 28.0 Å². The molecule has 0 fully saturated rings. The van der Waals surface area contributed by atoms with Crippen LogP contribution in [0.5, 0.6) is 5.75 Å². The van der Waals surface area contributed by atoms with Crippen molar-refractivity contribution in [2.24, 2.45) is 5.73 Å². The molecular weight excluding hydrogens is 376 g/mol. The molecule has 0 aliphatic carbocycles. The maximum Gasteiger partial charge on any atom is 0.240 e. The Morgan fingerprint density at radius 3 is 2.71 bits per heavy atom. The number of benzene rings is 1. The SMILES string of the molecule is COc1ccc(S(=O)(=O)NCc2sccc2Br)cc1CN. The third-order valence-electron chi connectivity index (χ3n) is 2.90. The van der Waals surface area contributed by atoms with Gasteiger partial charge < -0.3 is 10.5 Å². The van der Waals surface area contributed by atoms with Gasteiger partial charge >= 0.3 is 0 Å². The van der Waals surface area contributed by atoms with Gasteiger partial charge in [-0.3, -0.25) is 0 Å². The molecule has 0 atom stereocenters. The Kier molecular flexibility index (Phi) is 5.39. The van der Waals surface area contributed by atoms with Crippen molar-refractivity contribution in [1.29, 1.82) is 0 Å². The van der Waals surface area contributed by atoms with Gasteiger partial charge in [0.15, 0.2) is 0 Å². The summed E-state index contributed by atoms with van der Waals surface area (Å²) in [5.41, 5.74) is 6.26. The lowest BCUT2D eigenvalue weighted by Crippen LogP contribution is -2.23. The van der Waals surface area contributed by atoms with Crippen molar-refractivity contribution in [3.63, 3.8) is 0 Å². The lowest BCUT2D eigenvalue weighted by atomic mass is 10.2. The fraction of sp³-hybridized carbons (Fsp3) is 0.231. The summed E-state index contributed by atoms with van der Waals surface area (Å²) in [4.78, 5) is 1.10. The van der Waals surface area contributed by atoms with E-state index in [-0.39, 0.29) is 18.0 Å². The van der Waals surface area contributed by atoms with Gasteiger partial charge in [0.1, 0.15) is 5.75 Å². The monoisotopic (exact) mass is 390 g/mol. The van der Waals surface area contributed by atoms with E-state index < -0.39 is 10.0 Å². The number of hydrogen-bond donors (Lipinski definition) is 2. The molecule has 0 spiro atoms. The van der Waals surface area contributed by atoms with Crippen molar-refractivity contribution in [2.45, 2.75) is 18.0 Å². The molecule has 0 amide bonds. The van der Waals surface area contributed by atoms with Crippen LogP contribution >= 0.6 is 27.3 Å². The normalized spacial score (nSPS) is 11.6. The Balaban J connectivity index is 2.21. The first-order chi connectivity index (χ1) is 9.97. The number of nitrogens with one attached hydrogen (secondary N) is 1. The second kappa shape index (κ2) is 6.89. The van der Waals surface area contributed by atoms with Gasteiger partial charge in [-0.2, -0.15) is 0 Å². The summed E-state index contributed by atoms with van der Waals surface area (Å²) in [6.07, 6.45) is 0. The van der Waals surface area contributed by atoms with Crippen LogP contribution in [0.1, 0.15) is 10.4 Å². The summed E-state index contributed by atoms with van der Waals surface area (Å²) < 4.78 is 33.2. The highest BCUT2D eigenvalue weighted by Crippen LogP contribution is 2.24. The number of rotatable bonds is 6. The second-order valence-corrected chi connectivity index (χ2v) is 7.82. The van der Waals surface area contributed by atoms with E-state index in [0.29, 0.717) is 11.3 Å². The number of halogens is 1. The van der Waals surface area contributed by atoms with Gasteiger partial charge in [-0.15, -0.1) is 11.3 Å². The summed E-state index contributed by atoms with van der Waals surface area (Å²) in [5.74, 6) is 0.581. The first kappa shape index (κ1) is 16.4. The molecule has 5 nitrogen and oxygen atoms in total. The van der Waals surface area contributed by atoms with E-state index in [0.717, 1.165) is 9.35 Å². The van der Waals surface area contributed by atoms with Crippen LogP contribution < -0.4 is 15.2 Å². The Hall–Kier alpha value is -0.930. The van der Waals surface area contributed by atoms with E-state index >= 15 is 0 Å². The zero-order valence-electron chi connectivity index (χ0n) is 11.3. The fourth-order valence-corrected chi connectivity index (χ4v) is 4.35. The minimum Gasteiger partial charge on any atom is -0.496 e. The summed E-state index contributed by atoms with van der Waals surface area (Å²) in [6.45, 7) is 0.452. The van der Waals surface area contributed by atoms with Gasteiger partial charge in [0.05, 0.1) is 12.0 Å². The third-order valence-corrected chi connectivity index (χ3v) is 6.22. The third kappa shape index (κ3) is 3.83. The van der Waals surface area contributed by atoms with Gasteiger partial charge in [-0.05, 0) is 45.6 Å². The van der Waals surface area contributed by atoms with E-state index in [1.54, 1.807) is 6.07 Å². The Morgan fingerprint density at radius 2 is 2.14 bits per heavy atom. The summed E-state index contributed by atoms with van der Waals surface area (Å²) >= 11 is 4.86. The number of hydrogen-bond acceptors (Lipinski definition) is 5. The first-order valence-corrected chi connectivity index (χ1v) is 9.22.